The molecule has 0 saturated carbocycles. The summed E-state index contributed by atoms with van der Waals surface area (Å²) in [6.45, 7) is 0.840. The molecule has 0 radical (unpaired) electrons. The van der Waals surface area contributed by atoms with Crippen LogP contribution in [-0.4, -0.2) is 9.55 Å². The van der Waals surface area contributed by atoms with Gasteiger partial charge in [0.2, 0.25) is 0 Å². The summed E-state index contributed by atoms with van der Waals surface area (Å²) in [5.74, 6) is 6.34. The van der Waals surface area contributed by atoms with Crippen molar-refractivity contribution >= 4 is 0 Å². The second-order valence-corrected chi connectivity index (χ2v) is 4.55. The van der Waals surface area contributed by atoms with Crippen LogP contribution in [0.4, 0.5) is 0 Å². The van der Waals surface area contributed by atoms with Gasteiger partial charge < -0.3 is 4.57 Å². The molecule has 2 nitrogen and oxygen atoms in total. The molecule has 2 heteroatoms. The number of benzene rings is 2. The third-order valence-corrected chi connectivity index (χ3v) is 3.00. The standard InChI is InChI=1S/C18H14N2/c1-2-4-16(5-3-1)6-7-17-8-10-18(11-9-17)14-20-13-12-19-15-20/h1-5,8-13,15H,14H2. The van der Waals surface area contributed by atoms with E-state index in [1.807, 2.05) is 47.4 Å². The Morgan fingerprint density at radius 1 is 0.850 bits per heavy atom. The zero-order valence-electron chi connectivity index (χ0n) is 11.0. The van der Waals surface area contributed by atoms with Crippen molar-refractivity contribution in [3.05, 3.63) is 90.0 Å². The van der Waals surface area contributed by atoms with Gasteiger partial charge >= 0.3 is 0 Å². The molecule has 2 aromatic carbocycles. The SMILES string of the molecule is C(#Cc1ccc(Cn2ccnc2)cc1)c1ccccc1. The summed E-state index contributed by atoms with van der Waals surface area (Å²) in [6.07, 6.45) is 5.58. The van der Waals surface area contributed by atoms with Crippen LogP contribution in [0.15, 0.2) is 73.3 Å². The molecule has 0 aliphatic carbocycles. The molecule has 3 aromatic rings. The van der Waals surface area contributed by atoms with Crippen LogP contribution in [-0.2, 0) is 6.54 Å². The van der Waals surface area contributed by atoms with Gasteiger partial charge in [0.25, 0.3) is 0 Å². The van der Waals surface area contributed by atoms with Crippen LogP contribution in [0.5, 0.6) is 0 Å². The Balaban J connectivity index is 1.72. The van der Waals surface area contributed by atoms with Gasteiger partial charge in [-0.1, -0.05) is 42.2 Å². The van der Waals surface area contributed by atoms with Crippen molar-refractivity contribution < 1.29 is 0 Å². The molecule has 0 amide bonds. The lowest BCUT2D eigenvalue weighted by Crippen LogP contribution is -1.95. The molecule has 0 atom stereocenters. The fourth-order valence-electron chi connectivity index (χ4n) is 1.95. The minimum atomic E-state index is 0.840. The lowest BCUT2D eigenvalue weighted by atomic mass is 10.1. The van der Waals surface area contributed by atoms with E-state index in [1.54, 1.807) is 6.20 Å². The minimum Gasteiger partial charge on any atom is -0.333 e. The highest BCUT2D eigenvalue weighted by Gasteiger charge is 1.94. The van der Waals surface area contributed by atoms with E-state index >= 15 is 0 Å². The van der Waals surface area contributed by atoms with Crippen molar-refractivity contribution in [3.63, 3.8) is 0 Å². The van der Waals surface area contributed by atoms with Crippen molar-refractivity contribution in [2.75, 3.05) is 0 Å². The summed E-state index contributed by atoms with van der Waals surface area (Å²) in [5, 5.41) is 0. The van der Waals surface area contributed by atoms with Gasteiger partial charge in [0.1, 0.15) is 0 Å². The maximum Gasteiger partial charge on any atom is 0.0949 e. The summed E-state index contributed by atoms with van der Waals surface area (Å²) < 4.78 is 2.05. The van der Waals surface area contributed by atoms with E-state index in [2.05, 4.69) is 41.1 Å². The molecule has 0 spiro atoms. The number of imidazole rings is 1. The summed E-state index contributed by atoms with van der Waals surface area (Å²) in [4.78, 5) is 4.04. The van der Waals surface area contributed by atoms with Crippen LogP contribution >= 0.6 is 0 Å². The van der Waals surface area contributed by atoms with Crippen molar-refractivity contribution in [3.8, 4) is 11.8 Å². The predicted octanol–water partition coefficient (Wildman–Crippen LogP) is 3.33. The van der Waals surface area contributed by atoms with Gasteiger partial charge in [0.05, 0.1) is 6.33 Å². The maximum atomic E-state index is 4.04. The molecule has 1 aromatic heterocycles. The second-order valence-electron chi connectivity index (χ2n) is 4.55. The molecule has 20 heavy (non-hydrogen) atoms. The molecule has 1 heterocycles. The van der Waals surface area contributed by atoms with Gasteiger partial charge in [-0.05, 0) is 29.8 Å². The van der Waals surface area contributed by atoms with Crippen LogP contribution in [0, 0.1) is 11.8 Å². The Kier molecular flexibility index (Phi) is 3.62. The van der Waals surface area contributed by atoms with Gasteiger partial charge in [-0.25, -0.2) is 4.98 Å². The summed E-state index contributed by atoms with van der Waals surface area (Å²) in [7, 11) is 0. The number of hydrogen-bond acceptors (Lipinski definition) is 1. The van der Waals surface area contributed by atoms with Gasteiger partial charge in [0, 0.05) is 30.1 Å². The smallest absolute Gasteiger partial charge is 0.0949 e. The third kappa shape index (κ3) is 3.15. The zero-order valence-corrected chi connectivity index (χ0v) is 11.0. The summed E-state index contributed by atoms with van der Waals surface area (Å²) in [5.41, 5.74) is 3.31. The van der Waals surface area contributed by atoms with E-state index in [1.165, 1.54) is 5.56 Å². The normalized spacial score (nSPS) is 9.80. The first-order chi connectivity index (χ1) is 9.90. The average molecular weight is 258 g/mol. The van der Waals surface area contributed by atoms with Crippen molar-refractivity contribution in [2.24, 2.45) is 0 Å². The Bertz CT molecular complexity index is 715. The molecule has 0 saturated heterocycles. The summed E-state index contributed by atoms with van der Waals surface area (Å²) >= 11 is 0. The van der Waals surface area contributed by atoms with Crippen LogP contribution in [0.25, 0.3) is 0 Å². The van der Waals surface area contributed by atoms with E-state index in [9.17, 15) is 0 Å². The Hall–Kier alpha value is -2.79. The quantitative estimate of drug-likeness (QED) is 0.645. The highest BCUT2D eigenvalue weighted by atomic mass is 15.0. The van der Waals surface area contributed by atoms with Crippen LogP contribution < -0.4 is 0 Å². The Morgan fingerprint density at radius 3 is 2.20 bits per heavy atom. The van der Waals surface area contributed by atoms with Crippen molar-refractivity contribution in [1.29, 1.82) is 0 Å². The fourth-order valence-corrected chi connectivity index (χ4v) is 1.95. The molecule has 0 aliphatic heterocycles. The van der Waals surface area contributed by atoms with Crippen LogP contribution in [0.3, 0.4) is 0 Å². The first kappa shape index (κ1) is 12.3. The van der Waals surface area contributed by atoms with Crippen LogP contribution in [0.1, 0.15) is 16.7 Å². The fraction of sp³-hybridized carbons (Fsp3) is 0.0556. The van der Waals surface area contributed by atoms with E-state index in [4.69, 9.17) is 0 Å². The molecule has 0 bridgehead atoms. The van der Waals surface area contributed by atoms with Gasteiger partial charge in [0.15, 0.2) is 0 Å². The zero-order chi connectivity index (χ0) is 13.6. The molecule has 96 valence electrons. The summed E-state index contributed by atoms with van der Waals surface area (Å²) in [6, 6.07) is 18.3. The Labute approximate surface area is 118 Å². The van der Waals surface area contributed by atoms with E-state index in [0.717, 1.165) is 17.7 Å². The molecule has 0 N–H and O–H groups in total. The number of nitrogens with zero attached hydrogens (tertiary/aromatic N) is 2. The predicted molar refractivity (Wildman–Crippen MR) is 80.2 cm³/mol. The van der Waals surface area contributed by atoms with E-state index in [0.29, 0.717) is 0 Å². The highest BCUT2D eigenvalue weighted by molar-refractivity contribution is 5.43. The lowest BCUT2D eigenvalue weighted by molar-refractivity contribution is 0.797. The second kappa shape index (κ2) is 5.90. The Morgan fingerprint density at radius 2 is 1.55 bits per heavy atom. The van der Waals surface area contributed by atoms with Gasteiger partial charge in [-0.15, -0.1) is 0 Å². The van der Waals surface area contributed by atoms with Crippen LogP contribution in [0.2, 0.25) is 0 Å². The van der Waals surface area contributed by atoms with Crippen molar-refractivity contribution in [1.82, 2.24) is 9.55 Å². The van der Waals surface area contributed by atoms with E-state index < -0.39 is 0 Å². The number of hydrogen-bond donors (Lipinski definition) is 0. The molecule has 3 rings (SSSR count). The highest BCUT2D eigenvalue weighted by Crippen LogP contribution is 2.06. The van der Waals surface area contributed by atoms with E-state index in [-0.39, 0.29) is 0 Å². The maximum absolute atomic E-state index is 4.04. The first-order valence-electron chi connectivity index (χ1n) is 6.52. The third-order valence-electron chi connectivity index (χ3n) is 3.00. The number of aromatic nitrogens is 2. The van der Waals surface area contributed by atoms with Crippen molar-refractivity contribution in [2.45, 2.75) is 6.54 Å². The lowest BCUT2D eigenvalue weighted by Gasteiger charge is -2.02. The first-order valence-corrected chi connectivity index (χ1v) is 6.52. The average Bonchev–Trinajstić information content (AvgIpc) is 3.01. The number of rotatable bonds is 2. The van der Waals surface area contributed by atoms with Gasteiger partial charge in [-0.3, -0.25) is 0 Å². The minimum absolute atomic E-state index is 0.840. The molecule has 0 fully saturated rings. The monoisotopic (exact) mass is 258 g/mol. The molecular weight excluding hydrogens is 244 g/mol. The van der Waals surface area contributed by atoms with Gasteiger partial charge in [-0.2, -0.15) is 0 Å². The molecule has 0 aliphatic rings. The topological polar surface area (TPSA) is 17.8 Å². The largest absolute Gasteiger partial charge is 0.333 e. The molecule has 0 unspecified atom stereocenters. The molecular formula is C18H14N2.